The van der Waals surface area contributed by atoms with Crippen molar-refractivity contribution in [3.05, 3.63) is 71.3 Å². The number of nitriles is 1. The van der Waals surface area contributed by atoms with Crippen LogP contribution in [0.3, 0.4) is 0 Å². The van der Waals surface area contributed by atoms with Crippen molar-refractivity contribution >= 4 is 9.84 Å². The summed E-state index contributed by atoms with van der Waals surface area (Å²) in [6, 6.07) is 17.9. The van der Waals surface area contributed by atoms with E-state index >= 15 is 0 Å². The van der Waals surface area contributed by atoms with Crippen LogP contribution in [0, 0.1) is 11.3 Å². The minimum atomic E-state index is -3.35. The third-order valence-electron chi connectivity index (χ3n) is 3.30. The van der Waals surface area contributed by atoms with Gasteiger partial charge in [-0.3, -0.25) is 0 Å². The molecule has 2 aromatic carbocycles. The number of hydrogen-bond donors (Lipinski definition) is 0. The minimum Gasteiger partial charge on any atom is -0.228 e. The fourth-order valence-electron chi connectivity index (χ4n) is 2.03. The second-order valence-corrected chi connectivity index (χ2v) is 6.95. The maximum atomic E-state index is 12.5. The zero-order valence-electron chi connectivity index (χ0n) is 11.2. The second kappa shape index (κ2) is 5.89. The molecule has 0 aromatic heterocycles. The molecule has 0 radical (unpaired) electrons. The number of sulfone groups is 1. The van der Waals surface area contributed by atoms with Crippen molar-refractivity contribution in [3.8, 4) is 6.07 Å². The van der Waals surface area contributed by atoms with Crippen LogP contribution < -0.4 is 0 Å². The SMILES string of the molecule is CC(c1ccccc1)S(=O)(=O)Cc1ccccc1C#N. The Hall–Kier alpha value is -2.12. The molecule has 0 aliphatic carbocycles. The van der Waals surface area contributed by atoms with Gasteiger partial charge in [0.25, 0.3) is 0 Å². The molecule has 0 bridgehead atoms. The van der Waals surface area contributed by atoms with Gasteiger partial charge in [-0.05, 0) is 24.1 Å². The first-order chi connectivity index (χ1) is 9.54. The minimum absolute atomic E-state index is 0.118. The lowest BCUT2D eigenvalue weighted by atomic mass is 10.1. The molecular weight excluding hydrogens is 270 g/mol. The van der Waals surface area contributed by atoms with Crippen molar-refractivity contribution in [1.29, 1.82) is 5.26 Å². The molecular formula is C16H15NO2S. The normalized spacial score (nSPS) is 12.6. The summed E-state index contributed by atoms with van der Waals surface area (Å²) in [6.45, 7) is 1.68. The van der Waals surface area contributed by atoms with E-state index in [0.717, 1.165) is 5.56 Å². The van der Waals surface area contributed by atoms with E-state index < -0.39 is 15.1 Å². The van der Waals surface area contributed by atoms with Gasteiger partial charge in [0.15, 0.2) is 9.84 Å². The van der Waals surface area contributed by atoms with E-state index in [-0.39, 0.29) is 5.75 Å². The summed E-state index contributed by atoms with van der Waals surface area (Å²) in [4.78, 5) is 0. The van der Waals surface area contributed by atoms with Gasteiger partial charge >= 0.3 is 0 Å². The molecule has 102 valence electrons. The molecule has 2 rings (SSSR count). The van der Waals surface area contributed by atoms with E-state index in [1.165, 1.54) is 0 Å². The molecule has 20 heavy (non-hydrogen) atoms. The van der Waals surface area contributed by atoms with Crippen molar-refractivity contribution in [2.75, 3.05) is 0 Å². The standard InChI is InChI=1S/C16H15NO2S/c1-13(14-7-3-2-4-8-14)20(18,19)12-16-10-6-5-9-15(16)11-17/h2-10,13H,12H2,1H3. The molecule has 4 heteroatoms. The molecule has 0 spiro atoms. The first kappa shape index (κ1) is 14.3. The molecule has 0 heterocycles. The number of benzene rings is 2. The van der Waals surface area contributed by atoms with Crippen LogP contribution in [0.5, 0.6) is 0 Å². The maximum absolute atomic E-state index is 12.5. The van der Waals surface area contributed by atoms with Gasteiger partial charge in [0.05, 0.1) is 22.6 Å². The lowest BCUT2D eigenvalue weighted by Crippen LogP contribution is -2.13. The van der Waals surface area contributed by atoms with E-state index in [0.29, 0.717) is 11.1 Å². The quantitative estimate of drug-likeness (QED) is 0.866. The lowest BCUT2D eigenvalue weighted by Gasteiger charge is -2.14. The molecule has 0 amide bonds. The van der Waals surface area contributed by atoms with E-state index in [1.54, 1.807) is 43.3 Å². The third kappa shape index (κ3) is 3.06. The van der Waals surface area contributed by atoms with E-state index in [4.69, 9.17) is 5.26 Å². The molecule has 1 atom stereocenters. The summed E-state index contributed by atoms with van der Waals surface area (Å²) in [5.41, 5.74) is 1.73. The molecule has 0 fully saturated rings. The summed E-state index contributed by atoms with van der Waals surface area (Å²) < 4.78 is 24.9. The topological polar surface area (TPSA) is 57.9 Å². The van der Waals surface area contributed by atoms with Gasteiger partial charge in [-0.1, -0.05) is 48.5 Å². The third-order valence-corrected chi connectivity index (χ3v) is 5.37. The zero-order valence-corrected chi connectivity index (χ0v) is 12.0. The van der Waals surface area contributed by atoms with Crippen LogP contribution in [-0.2, 0) is 15.6 Å². The van der Waals surface area contributed by atoms with Crippen molar-refractivity contribution in [2.45, 2.75) is 17.9 Å². The van der Waals surface area contributed by atoms with Crippen molar-refractivity contribution in [2.24, 2.45) is 0 Å². The molecule has 0 saturated heterocycles. The fourth-order valence-corrected chi connectivity index (χ4v) is 3.54. The average Bonchev–Trinajstić information content (AvgIpc) is 2.47. The monoisotopic (exact) mass is 285 g/mol. The highest BCUT2D eigenvalue weighted by Crippen LogP contribution is 2.25. The summed E-state index contributed by atoms with van der Waals surface area (Å²) in [6.07, 6.45) is 0. The van der Waals surface area contributed by atoms with Crippen LogP contribution in [-0.4, -0.2) is 8.42 Å². The predicted octanol–water partition coefficient (Wildman–Crippen LogP) is 3.23. The molecule has 0 N–H and O–H groups in total. The Morgan fingerprint density at radius 1 is 1.05 bits per heavy atom. The van der Waals surface area contributed by atoms with E-state index in [2.05, 4.69) is 0 Å². The Morgan fingerprint density at radius 3 is 2.30 bits per heavy atom. The number of hydrogen-bond acceptors (Lipinski definition) is 3. The van der Waals surface area contributed by atoms with Crippen LogP contribution in [0.15, 0.2) is 54.6 Å². The predicted molar refractivity (Wildman–Crippen MR) is 78.6 cm³/mol. The number of nitrogens with zero attached hydrogens (tertiary/aromatic N) is 1. The van der Waals surface area contributed by atoms with E-state index in [9.17, 15) is 8.42 Å². The van der Waals surface area contributed by atoms with Gasteiger partial charge in [0.2, 0.25) is 0 Å². The highest BCUT2D eigenvalue weighted by molar-refractivity contribution is 7.90. The van der Waals surface area contributed by atoms with Gasteiger partial charge in [0.1, 0.15) is 0 Å². The summed E-state index contributed by atoms with van der Waals surface area (Å²) in [5, 5.41) is 8.44. The lowest BCUT2D eigenvalue weighted by molar-refractivity contribution is 0.585. The Kier molecular flexibility index (Phi) is 4.21. The Balaban J connectivity index is 2.31. The molecule has 1 unspecified atom stereocenters. The summed E-state index contributed by atoms with van der Waals surface area (Å²) >= 11 is 0. The molecule has 0 saturated carbocycles. The molecule has 0 aliphatic rings. The Labute approximate surface area is 119 Å². The summed E-state index contributed by atoms with van der Waals surface area (Å²) in [5.74, 6) is -0.118. The largest absolute Gasteiger partial charge is 0.228 e. The van der Waals surface area contributed by atoms with Crippen LogP contribution >= 0.6 is 0 Å². The fraction of sp³-hybridized carbons (Fsp3) is 0.188. The van der Waals surface area contributed by atoms with E-state index in [1.807, 2.05) is 24.3 Å². The first-order valence-electron chi connectivity index (χ1n) is 6.29. The Morgan fingerprint density at radius 2 is 1.65 bits per heavy atom. The smallest absolute Gasteiger partial charge is 0.161 e. The van der Waals surface area contributed by atoms with Crippen LogP contribution in [0.2, 0.25) is 0 Å². The highest BCUT2D eigenvalue weighted by Gasteiger charge is 2.23. The van der Waals surface area contributed by atoms with Crippen molar-refractivity contribution in [3.63, 3.8) is 0 Å². The maximum Gasteiger partial charge on any atom is 0.161 e. The van der Waals surface area contributed by atoms with Gasteiger partial charge < -0.3 is 0 Å². The Bertz CT molecular complexity index is 731. The first-order valence-corrected chi connectivity index (χ1v) is 8.00. The average molecular weight is 285 g/mol. The van der Waals surface area contributed by atoms with Crippen molar-refractivity contribution in [1.82, 2.24) is 0 Å². The second-order valence-electron chi connectivity index (χ2n) is 4.63. The molecule has 3 nitrogen and oxygen atoms in total. The van der Waals surface area contributed by atoms with Gasteiger partial charge in [-0.2, -0.15) is 5.26 Å². The van der Waals surface area contributed by atoms with Gasteiger partial charge in [-0.25, -0.2) is 8.42 Å². The van der Waals surface area contributed by atoms with Crippen molar-refractivity contribution < 1.29 is 8.42 Å². The van der Waals surface area contributed by atoms with Crippen LogP contribution in [0.25, 0.3) is 0 Å². The van der Waals surface area contributed by atoms with Gasteiger partial charge in [-0.15, -0.1) is 0 Å². The molecule has 2 aromatic rings. The molecule has 0 aliphatic heterocycles. The number of rotatable bonds is 4. The van der Waals surface area contributed by atoms with Crippen LogP contribution in [0.1, 0.15) is 28.9 Å². The van der Waals surface area contributed by atoms with Crippen LogP contribution in [0.4, 0.5) is 0 Å². The highest BCUT2D eigenvalue weighted by atomic mass is 32.2. The van der Waals surface area contributed by atoms with Gasteiger partial charge in [0, 0.05) is 0 Å². The summed E-state index contributed by atoms with van der Waals surface area (Å²) in [7, 11) is -3.35. The zero-order chi connectivity index (χ0) is 14.6.